The van der Waals surface area contributed by atoms with Crippen LogP contribution < -0.4 is 10.9 Å². The highest BCUT2D eigenvalue weighted by Crippen LogP contribution is 2.48. The lowest BCUT2D eigenvalue weighted by molar-refractivity contribution is -0.129. The SMILES string of the molecule is O=C(CCc1ccc(S(=O)(=O)N2CCOCC2)cc1)NNC(=O)C1CC1c1ccccc1F. The predicted octanol–water partition coefficient (Wildman–Crippen LogP) is 1.73. The molecule has 2 aromatic carbocycles. The van der Waals surface area contributed by atoms with E-state index in [1.54, 1.807) is 30.3 Å². The minimum atomic E-state index is -3.55. The summed E-state index contributed by atoms with van der Waals surface area (Å²) in [4.78, 5) is 24.5. The van der Waals surface area contributed by atoms with E-state index >= 15 is 0 Å². The molecule has 4 rings (SSSR count). The van der Waals surface area contributed by atoms with Crippen LogP contribution in [0.15, 0.2) is 53.4 Å². The first-order chi connectivity index (χ1) is 15.9. The summed E-state index contributed by atoms with van der Waals surface area (Å²) in [6.45, 7) is 1.43. The zero-order valence-corrected chi connectivity index (χ0v) is 18.8. The Hall–Kier alpha value is -2.82. The van der Waals surface area contributed by atoms with Gasteiger partial charge in [0.1, 0.15) is 5.82 Å². The largest absolute Gasteiger partial charge is 0.379 e. The number of benzene rings is 2. The van der Waals surface area contributed by atoms with Gasteiger partial charge in [0.2, 0.25) is 21.8 Å². The van der Waals surface area contributed by atoms with Gasteiger partial charge in [0.05, 0.1) is 18.1 Å². The number of carbonyl (C=O) groups excluding carboxylic acids is 2. The van der Waals surface area contributed by atoms with E-state index in [2.05, 4.69) is 10.9 Å². The molecule has 2 N–H and O–H groups in total. The third-order valence-corrected chi connectivity index (χ3v) is 7.84. The van der Waals surface area contributed by atoms with E-state index < -0.39 is 10.0 Å². The maximum Gasteiger partial charge on any atom is 0.243 e. The topological polar surface area (TPSA) is 105 Å². The van der Waals surface area contributed by atoms with Crippen LogP contribution in [-0.2, 0) is 30.8 Å². The fourth-order valence-electron chi connectivity index (χ4n) is 3.91. The Morgan fingerprint density at radius 3 is 2.42 bits per heavy atom. The van der Waals surface area contributed by atoms with Crippen LogP contribution in [0.5, 0.6) is 0 Å². The van der Waals surface area contributed by atoms with E-state index in [0.29, 0.717) is 44.7 Å². The van der Waals surface area contributed by atoms with Gasteiger partial charge >= 0.3 is 0 Å². The van der Waals surface area contributed by atoms with Gasteiger partial charge < -0.3 is 4.74 Å². The van der Waals surface area contributed by atoms with Gasteiger partial charge in [-0.3, -0.25) is 20.4 Å². The Morgan fingerprint density at radius 1 is 1.03 bits per heavy atom. The molecule has 0 bridgehead atoms. The van der Waals surface area contributed by atoms with E-state index in [4.69, 9.17) is 4.74 Å². The third kappa shape index (κ3) is 5.58. The molecule has 2 amide bonds. The van der Waals surface area contributed by atoms with Crippen LogP contribution in [0.4, 0.5) is 4.39 Å². The highest BCUT2D eigenvalue weighted by Gasteiger charge is 2.45. The number of hydrogen-bond acceptors (Lipinski definition) is 5. The molecule has 2 aliphatic rings. The van der Waals surface area contributed by atoms with Gasteiger partial charge in [-0.2, -0.15) is 4.31 Å². The van der Waals surface area contributed by atoms with Crippen LogP contribution in [0.3, 0.4) is 0 Å². The highest BCUT2D eigenvalue weighted by atomic mass is 32.2. The second-order valence-electron chi connectivity index (χ2n) is 8.17. The van der Waals surface area contributed by atoms with Crippen LogP contribution in [0.1, 0.15) is 29.9 Å². The number of hydrazine groups is 1. The molecule has 2 atom stereocenters. The standard InChI is InChI=1S/C23H26FN3O5S/c24-21-4-2-1-3-18(21)19-15-20(19)23(29)26-25-22(28)10-7-16-5-8-17(9-6-16)33(30,31)27-11-13-32-14-12-27/h1-6,8-9,19-20H,7,10-15H2,(H,25,28)(H,26,29). The normalized spacial score (nSPS) is 20.8. The molecule has 8 nitrogen and oxygen atoms in total. The molecular formula is C23H26FN3O5S. The van der Waals surface area contributed by atoms with E-state index in [1.165, 1.54) is 22.5 Å². The summed E-state index contributed by atoms with van der Waals surface area (Å²) in [6.07, 6.45) is 1.06. The monoisotopic (exact) mass is 475 g/mol. The Balaban J connectivity index is 1.22. The van der Waals surface area contributed by atoms with E-state index in [1.807, 2.05) is 0 Å². The van der Waals surface area contributed by atoms with Crippen LogP contribution in [-0.4, -0.2) is 50.8 Å². The summed E-state index contributed by atoms with van der Waals surface area (Å²) in [7, 11) is -3.55. The van der Waals surface area contributed by atoms with Crippen molar-refractivity contribution in [1.82, 2.24) is 15.2 Å². The first kappa shape index (κ1) is 23.3. The number of sulfonamides is 1. The average molecular weight is 476 g/mol. The minimum absolute atomic E-state index is 0.122. The van der Waals surface area contributed by atoms with Crippen LogP contribution in [0, 0.1) is 11.7 Å². The number of aryl methyl sites for hydroxylation is 1. The quantitative estimate of drug-likeness (QED) is 0.594. The van der Waals surface area contributed by atoms with Crippen molar-refractivity contribution in [1.29, 1.82) is 0 Å². The van der Waals surface area contributed by atoms with Gasteiger partial charge in [-0.25, -0.2) is 12.8 Å². The molecule has 1 saturated heterocycles. The average Bonchev–Trinajstić information content (AvgIpc) is 3.63. The summed E-state index contributed by atoms with van der Waals surface area (Å²) in [5, 5.41) is 0. The van der Waals surface area contributed by atoms with Crippen molar-refractivity contribution < 1.29 is 27.1 Å². The Labute approximate surface area is 192 Å². The number of hydrogen-bond donors (Lipinski definition) is 2. The Bertz CT molecular complexity index is 1120. The highest BCUT2D eigenvalue weighted by molar-refractivity contribution is 7.89. The smallest absolute Gasteiger partial charge is 0.243 e. The number of morpholine rings is 1. The van der Waals surface area contributed by atoms with Crippen molar-refractivity contribution in [3.8, 4) is 0 Å². The molecule has 176 valence electrons. The second-order valence-corrected chi connectivity index (χ2v) is 10.1. The maximum absolute atomic E-state index is 13.8. The molecule has 1 aliphatic heterocycles. The van der Waals surface area contributed by atoms with Crippen molar-refractivity contribution in [3.05, 3.63) is 65.5 Å². The van der Waals surface area contributed by atoms with Gasteiger partial charge in [-0.1, -0.05) is 30.3 Å². The maximum atomic E-state index is 13.8. The summed E-state index contributed by atoms with van der Waals surface area (Å²) in [6, 6.07) is 12.8. The van der Waals surface area contributed by atoms with Gasteiger partial charge in [0.15, 0.2) is 0 Å². The van der Waals surface area contributed by atoms with Crippen LogP contribution in [0.2, 0.25) is 0 Å². The van der Waals surface area contributed by atoms with E-state index in [9.17, 15) is 22.4 Å². The second kappa shape index (κ2) is 9.98. The van der Waals surface area contributed by atoms with Crippen molar-refractivity contribution in [2.45, 2.75) is 30.1 Å². The minimum Gasteiger partial charge on any atom is -0.379 e. The summed E-state index contributed by atoms with van der Waals surface area (Å²) >= 11 is 0. The first-order valence-corrected chi connectivity index (χ1v) is 12.3. The lowest BCUT2D eigenvalue weighted by atomic mass is 10.1. The molecular weight excluding hydrogens is 449 g/mol. The molecule has 0 aromatic heterocycles. The molecule has 1 heterocycles. The molecule has 2 unspecified atom stereocenters. The van der Waals surface area contributed by atoms with E-state index in [0.717, 1.165) is 5.56 Å². The van der Waals surface area contributed by atoms with Crippen molar-refractivity contribution in [3.63, 3.8) is 0 Å². The molecule has 0 spiro atoms. The third-order valence-electron chi connectivity index (χ3n) is 5.93. The molecule has 0 radical (unpaired) electrons. The molecule has 33 heavy (non-hydrogen) atoms. The molecule has 10 heteroatoms. The number of ether oxygens (including phenoxy) is 1. The van der Waals surface area contributed by atoms with Crippen molar-refractivity contribution in [2.75, 3.05) is 26.3 Å². The van der Waals surface area contributed by atoms with Crippen molar-refractivity contribution in [2.24, 2.45) is 5.92 Å². The van der Waals surface area contributed by atoms with Crippen LogP contribution in [0.25, 0.3) is 0 Å². The summed E-state index contributed by atoms with van der Waals surface area (Å²) < 4.78 is 45.7. The Kier molecular flexibility index (Phi) is 7.06. The van der Waals surface area contributed by atoms with Gasteiger partial charge in [-0.15, -0.1) is 0 Å². The number of carbonyl (C=O) groups is 2. The lowest BCUT2D eigenvalue weighted by Crippen LogP contribution is -2.42. The lowest BCUT2D eigenvalue weighted by Gasteiger charge is -2.26. The summed E-state index contributed by atoms with van der Waals surface area (Å²) in [5.41, 5.74) is 6.12. The molecule has 2 aromatic rings. The number of nitrogens with one attached hydrogen (secondary N) is 2. The van der Waals surface area contributed by atoms with Gasteiger partial charge in [-0.05, 0) is 48.1 Å². The number of amides is 2. The first-order valence-electron chi connectivity index (χ1n) is 10.9. The summed E-state index contributed by atoms with van der Waals surface area (Å²) in [5.74, 6) is -1.56. The van der Waals surface area contributed by atoms with Crippen molar-refractivity contribution >= 4 is 21.8 Å². The molecule has 1 aliphatic carbocycles. The number of nitrogens with zero attached hydrogens (tertiary/aromatic N) is 1. The van der Waals surface area contributed by atoms with Gasteiger partial charge in [0.25, 0.3) is 0 Å². The fraction of sp³-hybridized carbons (Fsp3) is 0.391. The Morgan fingerprint density at radius 2 is 1.73 bits per heavy atom. The predicted molar refractivity (Wildman–Crippen MR) is 118 cm³/mol. The zero-order valence-electron chi connectivity index (χ0n) is 18.0. The number of halogens is 1. The van der Waals surface area contributed by atoms with Crippen LogP contribution >= 0.6 is 0 Å². The molecule has 1 saturated carbocycles. The zero-order chi connectivity index (χ0) is 23.4. The molecule has 2 fully saturated rings. The van der Waals surface area contributed by atoms with Gasteiger partial charge in [0, 0.05) is 25.4 Å². The fourth-order valence-corrected chi connectivity index (χ4v) is 5.32. The number of rotatable bonds is 7. The van der Waals surface area contributed by atoms with E-state index in [-0.39, 0.29) is 40.8 Å².